The minimum absolute atomic E-state index is 0.0168. The molecule has 1 N–H and O–H groups in total. The summed E-state index contributed by atoms with van der Waals surface area (Å²) in [5, 5.41) is 32.5. The number of phenols is 1. The van der Waals surface area contributed by atoms with Crippen LogP contribution >= 0.6 is 43.2 Å². The monoisotopic (exact) mass is 505 g/mol. The van der Waals surface area contributed by atoms with E-state index in [2.05, 4.69) is 42.9 Å². The number of benzene rings is 2. The number of nitro benzene ring substituents is 1. The van der Waals surface area contributed by atoms with E-state index >= 15 is 0 Å². The normalized spacial score (nSPS) is 11.2. The van der Waals surface area contributed by atoms with Crippen LogP contribution in [0.4, 0.5) is 5.69 Å². The maximum absolute atomic E-state index is 10.9. The van der Waals surface area contributed by atoms with Gasteiger partial charge in [0.25, 0.3) is 5.69 Å². The van der Waals surface area contributed by atoms with E-state index in [9.17, 15) is 20.5 Å². The van der Waals surface area contributed by atoms with Crippen molar-refractivity contribution >= 4 is 60.5 Å². The molecule has 0 amide bonds. The number of nitro groups is 1. The van der Waals surface area contributed by atoms with Crippen LogP contribution in [0.5, 0.6) is 5.75 Å². The van der Waals surface area contributed by atoms with Gasteiger partial charge in [-0.1, -0.05) is 12.1 Å². The molecule has 0 aliphatic rings. The minimum Gasteiger partial charge on any atom is -0.506 e. The molecule has 0 saturated heterocycles. The molecule has 1 heterocycles. The van der Waals surface area contributed by atoms with E-state index in [1.165, 1.54) is 23.5 Å². The molecule has 134 valence electrons. The predicted molar refractivity (Wildman–Crippen MR) is 111 cm³/mol. The number of phenolic OH excluding ortho intramolecular Hbond substituents is 1. The second-order valence-electron chi connectivity index (χ2n) is 5.35. The standard InChI is InChI=1S/C18H9Br2N3O3S/c19-14-5-10(6-15(20)17(14)24)4-12(8-21)18-22-16(9-27-18)11-2-1-3-13(7-11)23(25)26/h1-7,9,24H/b12-4+. The summed E-state index contributed by atoms with van der Waals surface area (Å²) in [5.74, 6) is 0.0767. The Bertz CT molecular complexity index is 1100. The van der Waals surface area contributed by atoms with Crippen LogP contribution in [0.1, 0.15) is 10.6 Å². The largest absolute Gasteiger partial charge is 0.506 e. The van der Waals surface area contributed by atoms with Crippen LogP contribution in [0, 0.1) is 21.4 Å². The van der Waals surface area contributed by atoms with E-state index < -0.39 is 4.92 Å². The Morgan fingerprint density at radius 1 is 1.30 bits per heavy atom. The summed E-state index contributed by atoms with van der Waals surface area (Å²) >= 11 is 7.79. The Morgan fingerprint density at radius 3 is 2.63 bits per heavy atom. The minimum atomic E-state index is -0.460. The molecule has 9 heteroatoms. The maximum atomic E-state index is 10.9. The van der Waals surface area contributed by atoms with Crippen molar-refractivity contribution in [2.75, 3.05) is 0 Å². The molecule has 2 aromatic carbocycles. The fourth-order valence-electron chi connectivity index (χ4n) is 2.29. The average molecular weight is 507 g/mol. The summed E-state index contributed by atoms with van der Waals surface area (Å²) in [6.07, 6.45) is 1.66. The summed E-state index contributed by atoms with van der Waals surface area (Å²) in [5.41, 5.74) is 2.21. The van der Waals surface area contributed by atoms with Gasteiger partial charge in [-0.2, -0.15) is 5.26 Å². The maximum Gasteiger partial charge on any atom is 0.270 e. The summed E-state index contributed by atoms with van der Waals surface area (Å²) < 4.78 is 0.994. The Morgan fingerprint density at radius 2 is 2.00 bits per heavy atom. The number of thiazole rings is 1. The van der Waals surface area contributed by atoms with Gasteiger partial charge in [0.05, 0.1) is 25.1 Å². The molecular formula is C18H9Br2N3O3S. The third-order valence-corrected chi connectivity index (χ3v) is 5.64. The van der Waals surface area contributed by atoms with Crippen LogP contribution in [-0.2, 0) is 0 Å². The molecule has 0 spiro atoms. The number of halogens is 2. The zero-order chi connectivity index (χ0) is 19.6. The van der Waals surface area contributed by atoms with Crippen molar-refractivity contribution in [2.45, 2.75) is 0 Å². The summed E-state index contributed by atoms with van der Waals surface area (Å²) in [4.78, 5) is 14.9. The molecule has 0 unspecified atom stereocenters. The van der Waals surface area contributed by atoms with E-state index in [0.717, 1.165) is 0 Å². The van der Waals surface area contributed by atoms with Crippen LogP contribution in [0.2, 0.25) is 0 Å². The van der Waals surface area contributed by atoms with E-state index in [4.69, 9.17) is 0 Å². The molecule has 0 saturated carbocycles. The predicted octanol–water partition coefficient (Wildman–Crippen LogP) is 6.01. The van der Waals surface area contributed by atoms with E-state index in [-0.39, 0.29) is 11.4 Å². The topological polar surface area (TPSA) is 100 Å². The molecule has 1 aromatic heterocycles. The Hall–Kier alpha value is -2.54. The number of hydrogen-bond donors (Lipinski definition) is 1. The van der Waals surface area contributed by atoms with Crippen LogP contribution in [-0.4, -0.2) is 15.0 Å². The number of non-ortho nitro benzene ring substituents is 1. The van der Waals surface area contributed by atoms with Gasteiger partial charge in [-0.15, -0.1) is 11.3 Å². The van der Waals surface area contributed by atoms with Crippen LogP contribution in [0.15, 0.2) is 50.7 Å². The second-order valence-corrected chi connectivity index (χ2v) is 7.92. The van der Waals surface area contributed by atoms with Gasteiger partial charge in [0, 0.05) is 23.1 Å². The van der Waals surface area contributed by atoms with E-state index in [1.54, 1.807) is 35.7 Å². The molecule has 0 radical (unpaired) electrons. The van der Waals surface area contributed by atoms with Crippen molar-refractivity contribution in [1.29, 1.82) is 5.26 Å². The Labute approximate surface area is 174 Å². The first kappa shape index (κ1) is 19.2. The van der Waals surface area contributed by atoms with Gasteiger partial charge in [0.2, 0.25) is 0 Å². The van der Waals surface area contributed by atoms with Crippen LogP contribution in [0.25, 0.3) is 22.9 Å². The summed E-state index contributed by atoms with van der Waals surface area (Å²) in [6, 6.07) is 11.7. The van der Waals surface area contributed by atoms with Crippen LogP contribution < -0.4 is 0 Å². The summed E-state index contributed by atoms with van der Waals surface area (Å²) in [7, 11) is 0. The molecule has 3 aromatic rings. The van der Waals surface area contributed by atoms with Crippen molar-refractivity contribution in [3.8, 4) is 23.1 Å². The highest BCUT2D eigenvalue weighted by Crippen LogP contribution is 2.35. The molecule has 0 atom stereocenters. The number of aromatic nitrogens is 1. The number of aromatic hydroxyl groups is 1. The SMILES string of the molecule is N#C/C(=C\c1cc(Br)c(O)c(Br)c1)c1nc(-c2cccc([N+](=O)[O-])c2)cs1. The Balaban J connectivity index is 1.98. The molecule has 3 rings (SSSR count). The van der Waals surface area contributed by atoms with Gasteiger partial charge in [-0.3, -0.25) is 10.1 Å². The molecule has 0 bridgehead atoms. The smallest absolute Gasteiger partial charge is 0.270 e. The zero-order valence-corrected chi connectivity index (χ0v) is 17.4. The van der Waals surface area contributed by atoms with Gasteiger partial charge in [-0.25, -0.2) is 4.98 Å². The molecule has 0 fully saturated rings. The quantitative estimate of drug-likeness (QED) is 0.265. The fourth-order valence-corrected chi connectivity index (χ4v) is 4.30. The molecule has 27 heavy (non-hydrogen) atoms. The lowest BCUT2D eigenvalue weighted by Crippen LogP contribution is -1.88. The van der Waals surface area contributed by atoms with Crippen molar-refractivity contribution in [1.82, 2.24) is 4.98 Å². The first-order valence-electron chi connectivity index (χ1n) is 7.39. The zero-order valence-electron chi connectivity index (χ0n) is 13.4. The van der Waals surface area contributed by atoms with Gasteiger partial charge in [0.15, 0.2) is 0 Å². The van der Waals surface area contributed by atoms with Crippen molar-refractivity contribution in [3.05, 3.63) is 71.4 Å². The third kappa shape index (κ3) is 4.24. The lowest BCUT2D eigenvalue weighted by atomic mass is 10.1. The first-order chi connectivity index (χ1) is 12.9. The number of nitrogens with zero attached hydrogens (tertiary/aromatic N) is 3. The number of nitriles is 1. The van der Waals surface area contributed by atoms with E-state index in [1.807, 2.05) is 0 Å². The number of allylic oxidation sites excluding steroid dienone is 1. The second kappa shape index (κ2) is 8.00. The van der Waals surface area contributed by atoms with Gasteiger partial charge < -0.3 is 5.11 Å². The van der Waals surface area contributed by atoms with Crippen LogP contribution in [0.3, 0.4) is 0 Å². The molecular weight excluding hydrogens is 498 g/mol. The summed E-state index contributed by atoms with van der Waals surface area (Å²) in [6.45, 7) is 0. The number of hydrogen-bond acceptors (Lipinski definition) is 6. The highest BCUT2D eigenvalue weighted by molar-refractivity contribution is 9.11. The molecule has 0 aliphatic heterocycles. The highest BCUT2D eigenvalue weighted by atomic mass is 79.9. The Kier molecular flexibility index (Phi) is 5.70. The fraction of sp³-hybridized carbons (Fsp3) is 0. The van der Waals surface area contributed by atoms with Crippen molar-refractivity contribution in [2.24, 2.45) is 0 Å². The average Bonchev–Trinajstić information content (AvgIpc) is 3.14. The highest BCUT2D eigenvalue weighted by Gasteiger charge is 2.13. The van der Waals surface area contributed by atoms with Crippen molar-refractivity contribution < 1.29 is 10.0 Å². The lowest BCUT2D eigenvalue weighted by molar-refractivity contribution is -0.384. The van der Waals surface area contributed by atoms with Gasteiger partial charge in [-0.05, 0) is 55.6 Å². The van der Waals surface area contributed by atoms with Crippen molar-refractivity contribution in [3.63, 3.8) is 0 Å². The van der Waals surface area contributed by atoms with E-state index in [0.29, 0.717) is 36.3 Å². The molecule has 0 aliphatic carbocycles. The lowest BCUT2D eigenvalue weighted by Gasteiger charge is -2.03. The number of rotatable bonds is 4. The van der Waals surface area contributed by atoms with Gasteiger partial charge in [0.1, 0.15) is 16.8 Å². The first-order valence-corrected chi connectivity index (χ1v) is 9.86. The molecule has 6 nitrogen and oxygen atoms in total. The van der Waals surface area contributed by atoms with Gasteiger partial charge >= 0.3 is 0 Å². The third-order valence-electron chi connectivity index (χ3n) is 3.56.